The van der Waals surface area contributed by atoms with Crippen LogP contribution in [-0.2, 0) is 4.79 Å². The average molecular weight is 268 g/mol. The number of carboxylic acid groups (broad SMARTS) is 1. The summed E-state index contributed by atoms with van der Waals surface area (Å²) in [5.41, 5.74) is 0. The van der Waals surface area contributed by atoms with Gasteiger partial charge in [-0.15, -0.1) is 0 Å². The quantitative estimate of drug-likeness (QED) is 0.786. The van der Waals surface area contributed by atoms with Gasteiger partial charge in [0.15, 0.2) is 5.76 Å². The van der Waals surface area contributed by atoms with Crippen LogP contribution in [0.3, 0.4) is 0 Å². The number of amides is 2. The van der Waals surface area contributed by atoms with Crippen LogP contribution in [0.4, 0.5) is 0 Å². The maximum atomic E-state index is 11.8. The smallest absolute Gasteiger partial charge is 0.371 e. The van der Waals surface area contributed by atoms with Crippen molar-refractivity contribution in [3.8, 4) is 0 Å². The second-order valence-electron chi connectivity index (χ2n) is 3.98. The minimum absolute atomic E-state index is 0.108. The number of furan rings is 1. The van der Waals surface area contributed by atoms with Crippen molar-refractivity contribution in [1.29, 1.82) is 0 Å². The van der Waals surface area contributed by atoms with Gasteiger partial charge in [0.2, 0.25) is 11.7 Å². The fourth-order valence-electron chi connectivity index (χ4n) is 1.36. The summed E-state index contributed by atoms with van der Waals surface area (Å²) >= 11 is 0. The average Bonchev–Trinajstić information content (AvgIpc) is 2.84. The molecule has 0 saturated carbocycles. The van der Waals surface area contributed by atoms with E-state index in [1.165, 1.54) is 19.2 Å². The first-order valence-corrected chi connectivity index (χ1v) is 5.81. The number of hydrogen-bond acceptors (Lipinski definition) is 4. The number of aromatic carboxylic acids is 1. The van der Waals surface area contributed by atoms with Crippen LogP contribution >= 0.6 is 0 Å². The van der Waals surface area contributed by atoms with Crippen molar-refractivity contribution < 1.29 is 23.9 Å². The molecule has 0 radical (unpaired) electrons. The predicted octanol–water partition coefficient (Wildman–Crippen LogP) is 0.576. The van der Waals surface area contributed by atoms with Crippen molar-refractivity contribution in [2.45, 2.75) is 13.3 Å². The van der Waals surface area contributed by atoms with E-state index in [-0.39, 0.29) is 24.0 Å². The van der Waals surface area contributed by atoms with Gasteiger partial charge in [0.1, 0.15) is 0 Å². The summed E-state index contributed by atoms with van der Waals surface area (Å²) < 4.78 is 4.87. The Morgan fingerprint density at radius 3 is 2.47 bits per heavy atom. The lowest BCUT2D eigenvalue weighted by Crippen LogP contribution is -2.38. The Hall–Kier alpha value is -2.31. The number of hydrogen-bond donors (Lipinski definition) is 2. The molecule has 1 aromatic heterocycles. The number of nitrogens with one attached hydrogen (secondary N) is 1. The fraction of sp³-hybridized carbons (Fsp3) is 0.417. The lowest BCUT2D eigenvalue weighted by atomic mass is 10.3. The Balaban J connectivity index is 2.60. The molecule has 2 amide bonds. The largest absolute Gasteiger partial charge is 0.475 e. The number of carbonyl (C=O) groups excluding carboxylic acids is 2. The van der Waals surface area contributed by atoms with Gasteiger partial charge in [-0.3, -0.25) is 9.59 Å². The first-order chi connectivity index (χ1) is 8.95. The molecule has 0 atom stereocenters. The highest BCUT2D eigenvalue weighted by Crippen LogP contribution is 2.09. The molecular weight excluding hydrogens is 252 g/mol. The molecule has 1 aromatic rings. The normalized spacial score (nSPS) is 10.0. The van der Waals surface area contributed by atoms with E-state index < -0.39 is 11.9 Å². The van der Waals surface area contributed by atoms with Crippen molar-refractivity contribution in [3.05, 3.63) is 23.7 Å². The molecule has 1 heterocycles. The lowest BCUT2D eigenvalue weighted by molar-refractivity contribution is -0.121. The third kappa shape index (κ3) is 4.13. The number of rotatable bonds is 6. The van der Waals surface area contributed by atoms with Crippen LogP contribution in [0, 0.1) is 0 Å². The van der Waals surface area contributed by atoms with Crippen molar-refractivity contribution in [2.24, 2.45) is 0 Å². The summed E-state index contributed by atoms with van der Waals surface area (Å²) in [6.45, 7) is 2.36. The van der Waals surface area contributed by atoms with Crippen molar-refractivity contribution in [3.63, 3.8) is 0 Å². The zero-order valence-electron chi connectivity index (χ0n) is 10.8. The Morgan fingerprint density at radius 2 is 1.95 bits per heavy atom. The zero-order valence-corrected chi connectivity index (χ0v) is 10.8. The van der Waals surface area contributed by atoms with E-state index in [0.29, 0.717) is 6.54 Å². The first-order valence-electron chi connectivity index (χ1n) is 5.81. The van der Waals surface area contributed by atoms with Crippen molar-refractivity contribution in [1.82, 2.24) is 10.2 Å². The molecule has 0 unspecified atom stereocenters. The highest BCUT2D eigenvalue weighted by Gasteiger charge is 2.19. The predicted molar refractivity (Wildman–Crippen MR) is 65.9 cm³/mol. The van der Waals surface area contributed by atoms with E-state index in [1.807, 2.05) is 6.92 Å². The summed E-state index contributed by atoms with van der Waals surface area (Å²) in [6.07, 6.45) is 0.809. The summed E-state index contributed by atoms with van der Waals surface area (Å²) in [7, 11) is 1.44. The van der Waals surface area contributed by atoms with Crippen LogP contribution in [0.1, 0.15) is 34.5 Å². The third-order valence-corrected chi connectivity index (χ3v) is 2.33. The number of nitrogens with zero attached hydrogens (tertiary/aromatic N) is 1. The highest BCUT2D eigenvalue weighted by molar-refractivity contribution is 5.95. The molecule has 7 nitrogen and oxygen atoms in total. The van der Waals surface area contributed by atoms with Gasteiger partial charge in [0.05, 0.1) is 6.54 Å². The van der Waals surface area contributed by atoms with Gasteiger partial charge in [0, 0.05) is 13.6 Å². The fourth-order valence-corrected chi connectivity index (χ4v) is 1.36. The zero-order chi connectivity index (χ0) is 14.4. The SMILES string of the molecule is CCCNC(=O)CN(C)C(=O)c1ccc(C(=O)O)o1. The molecule has 0 spiro atoms. The second kappa shape index (κ2) is 6.58. The van der Waals surface area contributed by atoms with Crippen LogP contribution in [0.5, 0.6) is 0 Å². The van der Waals surface area contributed by atoms with Crippen LogP contribution in [0.25, 0.3) is 0 Å². The molecule has 19 heavy (non-hydrogen) atoms. The third-order valence-electron chi connectivity index (χ3n) is 2.33. The lowest BCUT2D eigenvalue weighted by Gasteiger charge is -2.15. The Morgan fingerprint density at radius 1 is 1.32 bits per heavy atom. The van der Waals surface area contributed by atoms with E-state index in [9.17, 15) is 14.4 Å². The van der Waals surface area contributed by atoms with Gasteiger partial charge in [-0.2, -0.15) is 0 Å². The minimum Gasteiger partial charge on any atom is -0.475 e. The molecule has 1 rings (SSSR count). The molecule has 0 saturated heterocycles. The highest BCUT2D eigenvalue weighted by atomic mass is 16.4. The summed E-state index contributed by atoms with van der Waals surface area (Å²) in [5.74, 6) is -2.49. The molecule has 0 aliphatic heterocycles. The number of carboxylic acids is 1. The minimum atomic E-state index is -1.25. The van der Waals surface area contributed by atoms with Gasteiger partial charge < -0.3 is 19.7 Å². The topological polar surface area (TPSA) is 99.9 Å². The Bertz CT molecular complexity index is 480. The van der Waals surface area contributed by atoms with E-state index in [2.05, 4.69) is 5.32 Å². The summed E-state index contributed by atoms with van der Waals surface area (Å²) in [4.78, 5) is 35.1. The van der Waals surface area contributed by atoms with Crippen LogP contribution in [0.15, 0.2) is 16.5 Å². The van der Waals surface area contributed by atoms with Gasteiger partial charge in [0.25, 0.3) is 5.91 Å². The van der Waals surface area contributed by atoms with E-state index >= 15 is 0 Å². The molecule has 7 heteroatoms. The maximum Gasteiger partial charge on any atom is 0.371 e. The Kier molecular flexibility index (Phi) is 5.11. The first kappa shape index (κ1) is 14.7. The molecule has 0 aromatic carbocycles. The summed E-state index contributed by atoms with van der Waals surface area (Å²) in [6, 6.07) is 2.47. The Labute approximate surface area is 110 Å². The maximum absolute atomic E-state index is 11.8. The second-order valence-corrected chi connectivity index (χ2v) is 3.98. The molecule has 0 aliphatic carbocycles. The van der Waals surface area contributed by atoms with Gasteiger partial charge >= 0.3 is 5.97 Å². The molecule has 2 N–H and O–H groups in total. The van der Waals surface area contributed by atoms with Crippen LogP contribution < -0.4 is 5.32 Å². The van der Waals surface area contributed by atoms with Crippen LogP contribution in [-0.4, -0.2) is 47.9 Å². The van der Waals surface area contributed by atoms with Gasteiger partial charge in [-0.05, 0) is 18.6 Å². The van der Waals surface area contributed by atoms with E-state index in [1.54, 1.807) is 0 Å². The van der Waals surface area contributed by atoms with Gasteiger partial charge in [-0.25, -0.2) is 4.79 Å². The van der Waals surface area contributed by atoms with Crippen molar-refractivity contribution >= 4 is 17.8 Å². The van der Waals surface area contributed by atoms with E-state index in [0.717, 1.165) is 11.3 Å². The van der Waals surface area contributed by atoms with Crippen molar-refractivity contribution in [2.75, 3.05) is 20.1 Å². The standard InChI is InChI=1S/C12H16N2O5/c1-3-6-13-10(15)7-14(2)11(16)8-4-5-9(19-8)12(17)18/h4-5H,3,6-7H2,1-2H3,(H,13,15)(H,17,18). The molecule has 0 aliphatic rings. The van der Waals surface area contributed by atoms with Gasteiger partial charge in [-0.1, -0.05) is 6.92 Å². The molecular formula is C12H16N2O5. The monoisotopic (exact) mass is 268 g/mol. The number of carbonyl (C=O) groups is 3. The number of likely N-dealkylation sites (N-methyl/N-ethyl adjacent to an activating group) is 1. The van der Waals surface area contributed by atoms with E-state index in [4.69, 9.17) is 9.52 Å². The summed E-state index contributed by atoms with van der Waals surface area (Å²) in [5, 5.41) is 11.3. The molecule has 104 valence electrons. The molecule has 0 bridgehead atoms. The van der Waals surface area contributed by atoms with Crippen LogP contribution in [0.2, 0.25) is 0 Å². The molecule has 0 fully saturated rings.